The normalized spacial score (nSPS) is 10.4. The van der Waals surface area contributed by atoms with Gasteiger partial charge in [0.05, 0.1) is 0 Å². The van der Waals surface area contributed by atoms with Gasteiger partial charge in [-0.25, -0.2) is 0 Å². The van der Waals surface area contributed by atoms with Gasteiger partial charge in [-0.2, -0.15) is 0 Å². The van der Waals surface area contributed by atoms with Gasteiger partial charge in [0.25, 0.3) is 5.91 Å². The highest BCUT2D eigenvalue weighted by molar-refractivity contribution is 9.10. The molecule has 0 aliphatic heterocycles. The van der Waals surface area contributed by atoms with Crippen LogP contribution in [0.25, 0.3) is 10.9 Å². The summed E-state index contributed by atoms with van der Waals surface area (Å²) in [5, 5.41) is 3.36. The minimum absolute atomic E-state index is 0.197. The molecule has 2 N–H and O–H groups in total. The predicted molar refractivity (Wildman–Crippen MR) is 109 cm³/mol. The Hall–Kier alpha value is -3.04. The lowest BCUT2D eigenvalue weighted by atomic mass is 10.1. The topological polar surface area (TPSA) is 71.2 Å². The number of aromatic amines is 1. The Morgan fingerprint density at radius 3 is 2.70 bits per heavy atom. The summed E-state index contributed by atoms with van der Waals surface area (Å²) in [5.41, 5.74) is 1.73. The Labute approximate surface area is 164 Å². The first-order valence-electron chi connectivity index (χ1n) is 8.33. The van der Waals surface area contributed by atoms with Crippen LogP contribution in [-0.2, 0) is 6.42 Å². The molecule has 0 unspecified atom stereocenters. The lowest BCUT2D eigenvalue weighted by Crippen LogP contribution is -2.27. The minimum atomic E-state index is -0.314. The molecule has 1 aromatic heterocycles. The van der Waals surface area contributed by atoms with Crippen molar-refractivity contribution in [2.75, 3.05) is 13.2 Å². The lowest BCUT2D eigenvalue weighted by molar-refractivity contribution is 0.0949. The van der Waals surface area contributed by atoms with Crippen molar-refractivity contribution in [1.82, 2.24) is 10.3 Å². The van der Waals surface area contributed by atoms with Crippen molar-refractivity contribution in [3.63, 3.8) is 0 Å². The number of hydrogen-bond acceptors (Lipinski definition) is 3. The first-order valence-corrected chi connectivity index (χ1v) is 9.12. The van der Waals surface area contributed by atoms with E-state index < -0.39 is 0 Å². The van der Waals surface area contributed by atoms with Crippen molar-refractivity contribution in [2.24, 2.45) is 0 Å². The van der Waals surface area contributed by atoms with Crippen LogP contribution < -0.4 is 15.5 Å². The average molecular weight is 425 g/mol. The summed E-state index contributed by atoms with van der Waals surface area (Å²) in [4.78, 5) is 27.6. The van der Waals surface area contributed by atoms with Crippen molar-refractivity contribution in [3.05, 3.63) is 74.5 Å². The van der Waals surface area contributed by atoms with Gasteiger partial charge >= 0.3 is 0 Å². The zero-order chi connectivity index (χ0) is 19.2. The number of halogens is 1. The Kier molecular flexibility index (Phi) is 5.94. The van der Waals surface area contributed by atoms with E-state index in [-0.39, 0.29) is 23.6 Å². The molecule has 2 aromatic carbocycles. The quantitative estimate of drug-likeness (QED) is 0.596. The van der Waals surface area contributed by atoms with Crippen LogP contribution in [-0.4, -0.2) is 24.0 Å². The molecule has 136 valence electrons. The van der Waals surface area contributed by atoms with Gasteiger partial charge in [-0.05, 0) is 42.3 Å². The highest BCUT2D eigenvalue weighted by Crippen LogP contribution is 2.16. The number of carbonyl (C=O) groups is 1. The Bertz CT molecular complexity index is 1070. The van der Waals surface area contributed by atoms with Crippen LogP contribution in [0.4, 0.5) is 0 Å². The maximum atomic E-state index is 12.3. The molecular weight excluding hydrogens is 408 g/mol. The van der Waals surface area contributed by atoms with E-state index in [0.717, 1.165) is 10.0 Å². The van der Waals surface area contributed by atoms with Gasteiger partial charge in [-0.1, -0.05) is 34.0 Å². The number of hydrogen-bond donors (Lipinski definition) is 2. The molecule has 3 aromatic rings. The van der Waals surface area contributed by atoms with E-state index in [1.807, 2.05) is 30.3 Å². The fourth-order valence-corrected chi connectivity index (χ4v) is 3.00. The zero-order valence-electron chi connectivity index (χ0n) is 14.4. The molecule has 0 saturated heterocycles. The summed E-state index contributed by atoms with van der Waals surface area (Å²) in [5.74, 6) is 2.81. The van der Waals surface area contributed by atoms with Gasteiger partial charge < -0.3 is 15.0 Å². The molecule has 0 atom stereocenters. The van der Waals surface area contributed by atoms with Crippen LogP contribution in [0.5, 0.6) is 5.75 Å². The van der Waals surface area contributed by atoms with Crippen molar-refractivity contribution < 1.29 is 9.53 Å². The Morgan fingerprint density at radius 1 is 1.19 bits per heavy atom. The van der Waals surface area contributed by atoms with Crippen molar-refractivity contribution in [3.8, 4) is 18.1 Å². The third-order valence-corrected chi connectivity index (χ3v) is 4.47. The molecular formula is C21H17BrN2O3. The predicted octanol–water partition coefficient (Wildman–Crippen LogP) is 3.28. The number of benzene rings is 2. The summed E-state index contributed by atoms with van der Waals surface area (Å²) in [6.07, 6.45) is 5.81. The van der Waals surface area contributed by atoms with E-state index in [4.69, 9.17) is 11.2 Å². The minimum Gasteiger partial charge on any atom is -0.481 e. The first kappa shape index (κ1) is 18.7. The number of H-pyrrole nitrogens is 1. The van der Waals surface area contributed by atoms with Crippen LogP contribution >= 0.6 is 15.9 Å². The van der Waals surface area contributed by atoms with Gasteiger partial charge in [0.15, 0.2) is 5.43 Å². The molecule has 0 fully saturated rings. The molecule has 3 rings (SSSR count). The number of nitrogens with one attached hydrogen (secondary N) is 2. The SMILES string of the molecule is C#CCOc1ccc(CCNC(=O)c2cc(=O)c3cc(Br)ccc3[nH]2)cc1. The zero-order valence-corrected chi connectivity index (χ0v) is 16.0. The number of aromatic nitrogens is 1. The second-order valence-electron chi connectivity index (χ2n) is 5.88. The third kappa shape index (κ3) is 4.78. The summed E-state index contributed by atoms with van der Waals surface area (Å²) in [6, 6.07) is 14.2. The first-order chi connectivity index (χ1) is 13.1. The van der Waals surface area contributed by atoms with E-state index in [1.54, 1.807) is 12.1 Å². The van der Waals surface area contributed by atoms with Gasteiger partial charge in [0.2, 0.25) is 0 Å². The standard InChI is InChI=1S/C21H17BrN2O3/c1-2-11-27-16-6-3-14(4-7-16)9-10-23-21(26)19-13-20(25)17-12-15(22)5-8-18(17)24-19/h1,3-8,12-13H,9-11H2,(H,23,26)(H,24,25). The van der Waals surface area contributed by atoms with Crippen molar-refractivity contribution >= 4 is 32.7 Å². The summed E-state index contributed by atoms with van der Waals surface area (Å²) in [6.45, 7) is 0.681. The number of fused-ring (bicyclic) bond motifs is 1. The van der Waals surface area contributed by atoms with Crippen LogP contribution in [0.1, 0.15) is 16.1 Å². The van der Waals surface area contributed by atoms with Gasteiger partial charge in [-0.15, -0.1) is 6.42 Å². The molecule has 0 radical (unpaired) electrons. The molecule has 0 bridgehead atoms. The molecule has 1 heterocycles. The van der Waals surface area contributed by atoms with Crippen molar-refractivity contribution in [1.29, 1.82) is 0 Å². The molecule has 0 spiro atoms. The number of amides is 1. The fraction of sp³-hybridized carbons (Fsp3) is 0.143. The second-order valence-corrected chi connectivity index (χ2v) is 6.80. The molecule has 27 heavy (non-hydrogen) atoms. The van der Waals surface area contributed by atoms with Crippen molar-refractivity contribution in [2.45, 2.75) is 6.42 Å². The average Bonchev–Trinajstić information content (AvgIpc) is 2.67. The van der Waals surface area contributed by atoms with E-state index >= 15 is 0 Å². The molecule has 5 nitrogen and oxygen atoms in total. The Balaban J connectivity index is 1.61. The third-order valence-electron chi connectivity index (χ3n) is 3.98. The molecule has 0 aliphatic rings. The van der Waals surface area contributed by atoms with Gasteiger partial charge in [0, 0.05) is 28.0 Å². The number of ether oxygens (including phenoxy) is 1. The van der Waals surface area contributed by atoms with Crippen LogP contribution in [0.15, 0.2) is 57.8 Å². The van der Waals surface area contributed by atoms with E-state index in [1.165, 1.54) is 6.07 Å². The number of carbonyl (C=O) groups excluding carboxylic acids is 1. The molecule has 6 heteroatoms. The van der Waals surface area contributed by atoms with Gasteiger partial charge in [0.1, 0.15) is 18.1 Å². The lowest BCUT2D eigenvalue weighted by Gasteiger charge is -2.08. The maximum Gasteiger partial charge on any atom is 0.267 e. The smallest absolute Gasteiger partial charge is 0.267 e. The highest BCUT2D eigenvalue weighted by atomic mass is 79.9. The summed E-state index contributed by atoms with van der Waals surface area (Å²) >= 11 is 3.34. The number of rotatable bonds is 6. The maximum absolute atomic E-state index is 12.3. The largest absolute Gasteiger partial charge is 0.481 e. The Morgan fingerprint density at radius 2 is 1.96 bits per heavy atom. The molecule has 0 saturated carbocycles. The van der Waals surface area contributed by atoms with E-state index in [2.05, 4.69) is 32.2 Å². The van der Waals surface area contributed by atoms with Gasteiger partial charge in [-0.3, -0.25) is 9.59 Å². The van der Waals surface area contributed by atoms with Crippen LogP contribution in [0.3, 0.4) is 0 Å². The summed E-state index contributed by atoms with van der Waals surface area (Å²) < 4.78 is 6.14. The second kappa shape index (κ2) is 8.56. The van der Waals surface area contributed by atoms with E-state index in [0.29, 0.717) is 29.6 Å². The monoisotopic (exact) mass is 424 g/mol. The fourth-order valence-electron chi connectivity index (χ4n) is 2.63. The molecule has 1 amide bonds. The van der Waals surface area contributed by atoms with Crippen LogP contribution in [0.2, 0.25) is 0 Å². The summed E-state index contributed by atoms with van der Waals surface area (Å²) in [7, 11) is 0. The number of pyridine rings is 1. The highest BCUT2D eigenvalue weighted by Gasteiger charge is 2.09. The number of terminal acetylenes is 1. The molecule has 0 aliphatic carbocycles. The van der Waals surface area contributed by atoms with Crippen LogP contribution in [0, 0.1) is 12.3 Å². The van der Waals surface area contributed by atoms with E-state index in [9.17, 15) is 9.59 Å².